The smallest absolute Gasteiger partial charge is 0.408 e. The Morgan fingerprint density at radius 2 is 2.10 bits per heavy atom. The van der Waals surface area contributed by atoms with Crippen molar-refractivity contribution in [2.45, 2.75) is 38.8 Å². The van der Waals surface area contributed by atoms with E-state index in [0.717, 1.165) is 0 Å². The number of nitrogens with one attached hydrogen (secondary N) is 1. The highest BCUT2D eigenvalue weighted by Gasteiger charge is 2.24. The van der Waals surface area contributed by atoms with Crippen LogP contribution < -0.4 is 5.32 Å². The Morgan fingerprint density at radius 1 is 1.48 bits per heavy atom. The monoisotopic (exact) mass is 360 g/mol. The standard InChI is InChI=1S/C13H17BrN2O5/c1-13(2,3)21-12(20)16-9(11(18)19)5-7-4-8(14)10(17)6-15-7/h4,6,9,17H,5H2,1-3H3,(H,16,20)(H,18,19). The Balaban J connectivity index is 2.76. The van der Waals surface area contributed by atoms with Gasteiger partial charge in [0.25, 0.3) is 0 Å². The maximum atomic E-state index is 11.6. The van der Waals surface area contributed by atoms with Gasteiger partial charge in [-0.25, -0.2) is 9.59 Å². The molecule has 0 aliphatic rings. The van der Waals surface area contributed by atoms with Crippen molar-refractivity contribution in [1.82, 2.24) is 10.3 Å². The van der Waals surface area contributed by atoms with E-state index in [-0.39, 0.29) is 12.2 Å². The molecule has 7 nitrogen and oxygen atoms in total. The minimum absolute atomic E-state index is 0.0343. The number of carbonyl (C=O) groups excluding carboxylic acids is 1. The summed E-state index contributed by atoms with van der Waals surface area (Å²) in [6.07, 6.45) is 0.354. The zero-order chi connectivity index (χ0) is 16.2. The van der Waals surface area contributed by atoms with Crippen LogP contribution in [0.5, 0.6) is 5.75 Å². The van der Waals surface area contributed by atoms with E-state index in [1.54, 1.807) is 20.8 Å². The summed E-state index contributed by atoms with van der Waals surface area (Å²) >= 11 is 3.11. The first-order chi connectivity index (χ1) is 9.58. The van der Waals surface area contributed by atoms with Gasteiger partial charge in [-0.05, 0) is 42.8 Å². The highest BCUT2D eigenvalue weighted by Crippen LogP contribution is 2.23. The van der Waals surface area contributed by atoms with E-state index in [1.165, 1.54) is 12.3 Å². The van der Waals surface area contributed by atoms with Gasteiger partial charge in [-0.2, -0.15) is 0 Å². The normalized spacial score (nSPS) is 12.6. The number of rotatable bonds is 4. The van der Waals surface area contributed by atoms with Crippen LogP contribution in [0.2, 0.25) is 0 Å². The van der Waals surface area contributed by atoms with Crippen LogP contribution in [0, 0.1) is 0 Å². The van der Waals surface area contributed by atoms with Gasteiger partial charge in [0.1, 0.15) is 17.4 Å². The Labute approximate surface area is 130 Å². The number of aromatic nitrogens is 1. The minimum atomic E-state index is -1.20. The Bertz CT molecular complexity index is 542. The number of pyridine rings is 1. The third-order valence-corrected chi connectivity index (χ3v) is 2.93. The highest BCUT2D eigenvalue weighted by atomic mass is 79.9. The summed E-state index contributed by atoms with van der Waals surface area (Å²) in [5.74, 6) is -1.25. The molecule has 1 aromatic heterocycles. The van der Waals surface area contributed by atoms with Crippen molar-refractivity contribution >= 4 is 28.0 Å². The Morgan fingerprint density at radius 3 is 2.57 bits per heavy atom. The molecule has 1 rings (SSSR count). The average molecular weight is 361 g/mol. The summed E-state index contributed by atoms with van der Waals surface area (Å²) in [5, 5.41) is 20.8. The summed E-state index contributed by atoms with van der Waals surface area (Å²) in [6.45, 7) is 5.04. The number of alkyl carbamates (subject to hydrolysis) is 1. The fourth-order valence-corrected chi connectivity index (χ4v) is 1.80. The van der Waals surface area contributed by atoms with E-state index in [0.29, 0.717) is 10.2 Å². The number of hydrogen-bond donors (Lipinski definition) is 3. The number of carbonyl (C=O) groups is 2. The topological polar surface area (TPSA) is 109 Å². The number of halogens is 1. The summed E-state index contributed by atoms with van der Waals surface area (Å²) in [4.78, 5) is 26.7. The van der Waals surface area contributed by atoms with Crippen LogP contribution in [0.4, 0.5) is 4.79 Å². The fraction of sp³-hybridized carbons (Fsp3) is 0.462. The van der Waals surface area contributed by atoms with Gasteiger partial charge in [0, 0.05) is 12.1 Å². The minimum Gasteiger partial charge on any atom is -0.505 e. The molecule has 0 aliphatic carbocycles. The lowest BCUT2D eigenvalue weighted by molar-refractivity contribution is -0.139. The van der Waals surface area contributed by atoms with Gasteiger partial charge in [0.2, 0.25) is 0 Å². The zero-order valence-electron chi connectivity index (χ0n) is 11.9. The molecule has 1 aromatic rings. The lowest BCUT2D eigenvalue weighted by atomic mass is 10.1. The van der Waals surface area contributed by atoms with Crippen molar-refractivity contribution in [2.75, 3.05) is 0 Å². The number of aromatic hydroxyl groups is 1. The molecule has 0 radical (unpaired) electrons. The zero-order valence-corrected chi connectivity index (χ0v) is 13.5. The molecule has 1 atom stereocenters. The first-order valence-electron chi connectivity index (χ1n) is 6.14. The average Bonchev–Trinajstić information content (AvgIpc) is 2.30. The molecule has 8 heteroatoms. The number of carboxylic acids is 1. The van der Waals surface area contributed by atoms with Crippen LogP contribution in [-0.2, 0) is 16.0 Å². The molecule has 0 fully saturated rings. The Kier molecular flexibility index (Phi) is 5.54. The lowest BCUT2D eigenvalue weighted by Crippen LogP contribution is -2.44. The predicted molar refractivity (Wildman–Crippen MR) is 78.1 cm³/mol. The van der Waals surface area contributed by atoms with Crippen molar-refractivity contribution in [3.63, 3.8) is 0 Å². The predicted octanol–water partition coefficient (Wildman–Crippen LogP) is 2.07. The second-order valence-electron chi connectivity index (χ2n) is 5.37. The lowest BCUT2D eigenvalue weighted by Gasteiger charge is -2.21. The largest absolute Gasteiger partial charge is 0.505 e. The second-order valence-corrected chi connectivity index (χ2v) is 6.22. The van der Waals surface area contributed by atoms with Gasteiger partial charge in [-0.15, -0.1) is 0 Å². The fourth-order valence-electron chi connectivity index (χ4n) is 1.43. The van der Waals surface area contributed by atoms with Crippen molar-refractivity contribution < 1.29 is 24.5 Å². The van der Waals surface area contributed by atoms with Gasteiger partial charge in [-0.3, -0.25) is 4.98 Å². The maximum absolute atomic E-state index is 11.6. The van der Waals surface area contributed by atoms with Crippen LogP contribution in [0.1, 0.15) is 26.5 Å². The van der Waals surface area contributed by atoms with Crippen molar-refractivity contribution in [1.29, 1.82) is 0 Å². The first kappa shape index (κ1) is 17.2. The summed E-state index contributed by atoms with van der Waals surface area (Å²) in [7, 11) is 0. The molecule has 116 valence electrons. The third kappa shape index (κ3) is 5.99. The SMILES string of the molecule is CC(C)(C)OC(=O)NC(Cc1cc(Br)c(O)cn1)C(=O)O. The van der Waals surface area contributed by atoms with Crippen molar-refractivity contribution in [3.05, 3.63) is 22.4 Å². The number of amides is 1. The van der Waals surface area contributed by atoms with Crippen molar-refractivity contribution in [3.8, 4) is 5.75 Å². The molecule has 0 saturated heterocycles. The van der Waals surface area contributed by atoms with Crippen LogP contribution in [-0.4, -0.2) is 38.9 Å². The number of hydrogen-bond acceptors (Lipinski definition) is 5. The van der Waals surface area contributed by atoms with Gasteiger partial charge in [-0.1, -0.05) is 0 Å². The molecule has 21 heavy (non-hydrogen) atoms. The number of nitrogens with zero attached hydrogens (tertiary/aromatic N) is 1. The van der Waals surface area contributed by atoms with Crippen LogP contribution in [0.25, 0.3) is 0 Å². The molecule has 3 N–H and O–H groups in total. The molecule has 0 bridgehead atoms. The molecule has 1 heterocycles. The van der Waals surface area contributed by atoms with Gasteiger partial charge in [0.15, 0.2) is 0 Å². The molecular weight excluding hydrogens is 344 g/mol. The molecule has 0 saturated carbocycles. The summed E-state index contributed by atoms with van der Waals surface area (Å²) in [6, 6.07) is 0.311. The number of carboxylic acid groups (broad SMARTS) is 1. The van der Waals surface area contributed by atoms with E-state index in [9.17, 15) is 14.7 Å². The van der Waals surface area contributed by atoms with E-state index in [2.05, 4.69) is 26.2 Å². The number of ether oxygens (including phenoxy) is 1. The molecule has 1 amide bonds. The summed E-state index contributed by atoms with van der Waals surface area (Å²) in [5.41, 5.74) is -0.310. The van der Waals surface area contributed by atoms with E-state index in [4.69, 9.17) is 9.84 Å². The molecule has 0 aromatic carbocycles. The van der Waals surface area contributed by atoms with E-state index < -0.39 is 23.7 Å². The second kappa shape index (κ2) is 6.75. The van der Waals surface area contributed by atoms with Crippen LogP contribution in [0.3, 0.4) is 0 Å². The molecular formula is C13H17BrN2O5. The quantitative estimate of drug-likeness (QED) is 0.758. The number of aliphatic carboxylic acids is 1. The molecule has 0 spiro atoms. The van der Waals surface area contributed by atoms with Gasteiger partial charge >= 0.3 is 12.1 Å². The van der Waals surface area contributed by atoms with Gasteiger partial charge in [0.05, 0.1) is 10.7 Å². The summed E-state index contributed by atoms with van der Waals surface area (Å²) < 4.78 is 5.41. The maximum Gasteiger partial charge on any atom is 0.408 e. The van der Waals surface area contributed by atoms with E-state index >= 15 is 0 Å². The first-order valence-corrected chi connectivity index (χ1v) is 6.93. The Hall–Kier alpha value is -1.83. The van der Waals surface area contributed by atoms with Gasteiger partial charge < -0.3 is 20.3 Å². The highest BCUT2D eigenvalue weighted by molar-refractivity contribution is 9.10. The molecule has 1 unspecified atom stereocenters. The van der Waals surface area contributed by atoms with E-state index in [1.807, 2.05) is 0 Å². The van der Waals surface area contributed by atoms with Crippen LogP contribution >= 0.6 is 15.9 Å². The molecule has 0 aliphatic heterocycles. The van der Waals surface area contributed by atoms with Crippen molar-refractivity contribution in [2.24, 2.45) is 0 Å². The van der Waals surface area contributed by atoms with Crippen LogP contribution in [0.15, 0.2) is 16.7 Å². The third-order valence-electron chi connectivity index (χ3n) is 2.29.